The van der Waals surface area contributed by atoms with Crippen LogP contribution < -0.4 is 0 Å². The van der Waals surface area contributed by atoms with E-state index in [9.17, 15) is 53.1 Å². The van der Waals surface area contributed by atoms with Gasteiger partial charge in [0, 0.05) is 5.57 Å². The van der Waals surface area contributed by atoms with Crippen LogP contribution in [0.15, 0.2) is 12.2 Å². The van der Waals surface area contributed by atoms with Gasteiger partial charge in [-0.3, -0.25) is 4.55 Å². The Morgan fingerprint density at radius 2 is 1.46 bits per heavy atom. The topological polar surface area (TPSA) is 116 Å². The van der Waals surface area contributed by atoms with Crippen molar-refractivity contribution in [2.24, 2.45) is 0 Å². The van der Waals surface area contributed by atoms with Gasteiger partial charge in [0.05, 0.1) is 0 Å². The quantitative estimate of drug-likeness (QED) is 0.195. The maximum Gasteiger partial charge on any atom is 0.468 e. The molecule has 0 rings (SSSR count). The highest BCUT2D eigenvalue weighted by molar-refractivity contribution is 7.86. The van der Waals surface area contributed by atoms with E-state index < -0.39 is 64.2 Å². The van der Waals surface area contributed by atoms with Gasteiger partial charge in [-0.1, -0.05) is 6.58 Å². The van der Waals surface area contributed by atoms with Crippen molar-refractivity contribution in [3.63, 3.8) is 0 Å². The maximum atomic E-state index is 13.3. The van der Waals surface area contributed by atoms with E-state index in [0.29, 0.717) is 6.92 Å². The van der Waals surface area contributed by atoms with E-state index in [4.69, 9.17) is 4.55 Å². The molecule has 0 heterocycles. The van der Waals surface area contributed by atoms with Crippen LogP contribution in [0.5, 0.6) is 0 Å². The average molecular weight is 454 g/mol. The lowest BCUT2D eigenvalue weighted by atomic mass is 10.2. The molecule has 1 atom stereocenters. The van der Waals surface area contributed by atoms with E-state index in [-0.39, 0.29) is 0 Å². The van der Waals surface area contributed by atoms with Crippen molar-refractivity contribution < 1.29 is 71.9 Å². The molecule has 164 valence electrons. The first kappa shape index (κ1) is 26.0. The summed E-state index contributed by atoms with van der Waals surface area (Å²) in [6.45, 7) is -2.13. The van der Waals surface area contributed by atoms with Crippen LogP contribution in [0.25, 0.3) is 0 Å². The van der Waals surface area contributed by atoms with Gasteiger partial charge >= 0.3 is 45.5 Å². The summed E-state index contributed by atoms with van der Waals surface area (Å²) in [7, 11) is -6.39. The second kappa shape index (κ2) is 8.16. The van der Waals surface area contributed by atoms with Crippen LogP contribution in [-0.2, 0) is 33.9 Å². The molecular formula is C11H10F8O8S. The fourth-order valence-electron chi connectivity index (χ4n) is 1.11. The van der Waals surface area contributed by atoms with Crippen LogP contribution in [0.1, 0.15) is 6.92 Å². The van der Waals surface area contributed by atoms with Crippen molar-refractivity contribution >= 4 is 22.1 Å². The lowest BCUT2D eigenvalue weighted by molar-refractivity contribution is -0.361. The van der Waals surface area contributed by atoms with Crippen molar-refractivity contribution in [1.29, 1.82) is 0 Å². The van der Waals surface area contributed by atoms with Gasteiger partial charge in [0.2, 0.25) is 0 Å². The summed E-state index contributed by atoms with van der Waals surface area (Å²) in [5.41, 5.74) is -0.887. The van der Waals surface area contributed by atoms with E-state index in [1.165, 1.54) is 0 Å². The Kier molecular flexibility index (Phi) is 7.57. The maximum absolute atomic E-state index is 13.3. The van der Waals surface area contributed by atoms with E-state index in [2.05, 4.69) is 20.8 Å². The second-order valence-electron chi connectivity index (χ2n) is 4.88. The lowest BCUT2D eigenvalue weighted by Gasteiger charge is -2.33. The fraction of sp³-hybridized carbons (Fsp3) is 0.636. The largest absolute Gasteiger partial charge is 0.468 e. The van der Waals surface area contributed by atoms with E-state index >= 15 is 0 Å². The highest BCUT2D eigenvalue weighted by atomic mass is 32.2. The number of carbonyl (C=O) groups excluding carboxylic acids is 2. The summed E-state index contributed by atoms with van der Waals surface area (Å²) < 4.78 is 142. The molecule has 0 aromatic rings. The van der Waals surface area contributed by atoms with Crippen LogP contribution >= 0.6 is 0 Å². The number of halogens is 8. The van der Waals surface area contributed by atoms with Crippen molar-refractivity contribution in [3.8, 4) is 0 Å². The zero-order valence-corrected chi connectivity index (χ0v) is 14.2. The predicted molar refractivity (Wildman–Crippen MR) is 69.2 cm³/mol. The Hall–Kier alpha value is -2.01. The van der Waals surface area contributed by atoms with Gasteiger partial charge in [-0.2, -0.15) is 43.5 Å². The number of carbonyl (C=O) groups is 2. The molecule has 1 N–H and O–H groups in total. The molecule has 28 heavy (non-hydrogen) atoms. The number of rotatable bonds is 8. The predicted octanol–water partition coefficient (Wildman–Crippen LogP) is 1.97. The van der Waals surface area contributed by atoms with Gasteiger partial charge in [-0.25, -0.2) is 9.59 Å². The molecule has 0 spiro atoms. The van der Waals surface area contributed by atoms with Crippen LogP contribution in [0, 0.1) is 0 Å². The Morgan fingerprint density at radius 3 is 1.79 bits per heavy atom. The number of ether oxygens (including phenoxy) is 3. The highest BCUT2D eigenvalue weighted by Crippen LogP contribution is 2.39. The van der Waals surface area contributed by atoms with Crippen LogP contribution in [-0.4, -0.2) is 61.5 Å². The molecule has 0 fully saturated rings. The monoisotopic (exact) mass is 454 g/mol. The summed E-state index contributed by atoms with van der Waals surface area (Å²) in [4.78, 5) is 22.9. The SMILES string of the molecule is C=C(C)C(=O)OC(OCC(F)(F)S(=O)(=O)O)(C(=O)OCC(F)(F)F)C(F)(F)F. The highest BCUT2D eigenvalue weighted by Gasteiger charge is 2.69. The summed E-state index contributed by atoms with van der Waals surface area (Å²) in [5.74, 6) is -10.5. The van der Waals surface area contributed by atoms with Crippen molar-refractivity contribution in [2.45, 2.75) is 30.3 Å². The number of esters is 2. The first-order valence-electron chi connectivity index (χ1n) is 6.34. The van der Waals surface area contributed by atoms with Crippen molar-refractivity contribution in [1.82, 2.24) is 0 Å². The average Bonchev–Trinajstić information content (AvgIpc) is 2.45. The first-order valence-corrected chi connectivity index (χ1v) is 7.78. The molecule has 17 heteroatoms. The minimum Gasteiger partial charge on any atom is -0.451 e. The third-order valence-electron chi connectivity index (χ3n) is 2.41. The second-order valence-corrected chi connectivity index (χ2v) is 6.42. The molecule has 0 aliphatic heterocycles. The smallest absolute Gasteiger partial charge is 0.451 e. The molecule has 8 nitrogen and oxygen atoms in total. The van der Waals surface area contributed by atoms with Crippen LogP contribution in [0.2, 0.25) is 0 Å². The first-order chi connectivity index (χ1) is 12.2. The summed E-state index contributed by atoms with van der Waals surface area (Å²) >= 11 is 0. The third kappa shape index (κ3) is 6.55. The molecule has 0 aliphatic rings. The molecule has 1 unspecified atom stereocenters. The molecular weight excluding hydrogens is 444 g/mol. The molecule has 0 radical (unpaired) electrons. The fourth-order valence-corrected chi connectivity index (χ4v) is 1.31. The normalized spacial score (nSPS) is 15.5. The Bertz CT molecular complexity index is 726. The molecule has 0 aliphatic carbocycles. The standard InChI is InChI=1S/C11H10F8O8S/c1-5(2)6(20)27-10(11(17,18)19,7(21)25-3-8(12,13)14)26-4-9(15,16)28(22,23)24/h1,3-4H2,2H3,(H,22,23,24). The number of hydrogen-bond acceptors (Lipinski definition) is 7. The minimum absolute atomic E-state index is 0.706. The molecule has 0 aromatic heterocycles. The van der Waals surface area contributed by atoms with Gasteiger partial charge < -0.3 is 14.2 Å². The lowest BCUT2D eigenvalue weighted by Crippen LogP contribution is -2.60. The molecule has 0 saturated carbocycles. The zero-order valence-electron chi connectivity index (χ0n) is 13.4. The van der Waals surface area contributed by atoms with E-state index in [1.807, 2.05) is 0 Å². The van der Waals surface area contributed by atoms with Crippen molar-refractivity contribution in [2.75, 3.05) is 13.2 Å². The van der Waals surface area contributed by atoms with E-state index in [0.717, 1.165) is 0 Å². The van der Waals surface area contributed by atoms with Gasteiger partial charge in [0.15, 0.2) is 6.61 Å². The van der Waals surface area contributed by atoms with Crippen LogP contribution in [0.3, 0.4) is 0 Å². The van der Waals surface area contributed by atoms with Gasteiger partial charge in [0.25, 0.3) is 0 Å². The number of hydrogen-bond donors (Lipinski definition) is 1. The van der Waals surface area contributed by atoms with Gasteiger partial charge in [-0.15, -0.1) is 0 Å². The summed E-state index contributed by atoms with van der Waals surface area (Å²) in [6, 6.07) is 0. The third-order valence-corrected chi connectivity index (χ3v) is 3.29. The summed E-state index contributed by atoms with van der Waals surface area (Å²) in [5, 5.41) is -5.48. The molecule has 0 aromatic carbocycles. The van der Waals surface area contributed by atoms with Crippen LogP contribution in [0.4, 0.5) is 35.1 Å². The molecule has 0 amide bonds. The van der Waals surface area contributed by atoms with E-state index in [1.54, 1.807) is 0 Å². The Morgan fingerprint density at radius 1 is 1.00 bits per heavy atom. The van der Waals surface area contributed by atoms with Gasteiger partial charge in [-0.05, 0) is 6.92 Å². The van der Waals surface area contributed by atoms with Crippen molar-refractivity contribution in [3.05, 3.63) is 12.2 Å². The minimum atomic E-state index is -6.39. The molecule has 0 bridgehead atoms. The Balaban J connectivity index is 6.17. The zero-order chi connectivity index (χ0) is 22.8. The molecule has 0 saturated heterocycles. The number of alkyl halides is 8. The summed E-state index contributed by atoms with van der Waals surface area (Å²) in [6.07, 6.45) is -11.7. The van der Waals surface area contributed by atoms with Gasteiger partial charge in [0.1, 0.15) is 6.61 Å². The Labute approximate surface area is 150 Å².